The summed E-state index contributed by atoms with van der Waals surface area (Å²) in [7, 11) is 0. The van der Waals surface area contributed by atoms with Gasteiger partial charge < -0.3 is 10.2 Å². The van der Waals surface area contributed by atoms with Crippen molar-refractivity contribution in [2.24, 2.45) is 5.92 Å². The van der Waals surface area contributed by atoms with Crippen LogP contribution >= 0.6 is 11.6 Å². The quantitative estimate of drug-likeness (QED) is 0.832. The van der Waals surface area contributed by atoms with Crippen LogP contribution < -0.4 is 5.32 Å². The smallest absolute Gasteiger partial charge is 0.255 e. The lowest BCUT2D eigenvalue weighted by molar-refractivity contribution is -0.117. The van der Waals surface area contributed by atoms with Crippen LogP contribution in [0.15, 0.2) is 48.5 Å². The normalized spacial score (nSPS) is 21.6. The van der Waals surface area contributed by atoms with Gasteiger partial charge in [0.25, 0.3) is 5.91 Å². The molecule has 0 aromatic heterocycles. The average Bonchev–Trinajstić information content (AvgIpc) is 3.50. The fourth-order valence-corrected chi connectivity index (χ4v) is 4.15. The van der Waals surface area contributed by atoms with Gasteiger partial charge in [-0.2, -0.15) is 0 Å². The van der Waals surface area contributed by atoms with Crippen molar-refractivity contribution < 1.29 is 9.59 Å². The summed E-state index contributed by atoms with van der Waals surface area (Å²) in [6, 6.07) is 15.0. The number of para-hydroxylation sites is 1. The Balaban J connectivity index is 1.46. The predicted octanol–water partition coefficient (Wildman–Crippen LogP) is 4.71. The molecule has 1 saturated heterocycles. The van der Waals surface area contributed by atoms with Gasteiger partial charge in [0, 0.05) is 24.0 Å². The second kappa shape index (κ2) is 7.73. The summed E-state index contributed by atoms with van der Waals surface area (Å²) in [4.78, 5) is 27.5. The molecular weight excluding hydrogens is 360 g/mol. The second-order valence-electron chi connectivity index (χ2n) is 7.36. The minimum atomic E-state index is -0.0944. The van der Waals surface area contributed by atoms with E-state index in [2.05, 4.69) is 5.32 Å². The van der Waals surface area contributed by atoms with Crippen LogP contribution in [0.5, 0.6) is 0 Å². The summed E-state index contributed by atoms with van der Waals surface area (Å²) >= 11 is 6.26. The zero-order chi connectivity index (χ0) is 18.8. The Labute approximate surface area is 164 Å². The van der Waals surface area contributed by atoms with Gasteiger partial charge in [-0.3, -0.25) is 9.59 Å². The lowest BCUT2D eigenvalue weighted by Gasteiger charge is -2.27. The molecule has 2 aromatic carbocycles. The number of carbonyl (C=O) groups excluding carboxylic acids is 2. The maximum atomic E-state index is 12.9. The number of nitrogens with one attached hydrogen (secondary N) is 1. The van der Waals surface area contributed by atoms with Crippen molar-refractivity contribution in [3.05, 3.63) is 64.7 Å². The van der Waals surface area contributed by atoms with Crippen LogP contribution in [0.1, 0.15) is 47.5 Å². The number of hydrogen-bond donors (Lipinski definition) is 1. The topological polar surface area (TPSA) is 49.4 Å². The molecule has 0 bridgehead atoms. The maximum Gasteiger partial charge on any atom is 0.255 e. The molecular formula is C22H23ClN2O2. The summed E-state index contributed by atoms with van der Waals surface area (Å²) in [6.07, 6.45) is 4.05. The molecule has 0 radical (unpaired) electrons. The highest BCUT2D eigenvalue weighted by Gasteiger charge is 2.45. The number of hydrogen-bond acceptors (Lipinski definition) is 2. The Kier molecular flexibility index (Phi) is 5.17. The molecule has 2 aliphatic rings. The number of carbonyl (C=O) groups is 2. The Hall–Kier alpha value is -2.33. The molecule has 2 fully saturated rings. The van der Waals surface area contributed by atoms with Gasteiger partial charge in [-0.05, 0) is 55.4 Å². The van der Waals surface area contributed by atoms with E-state index in [0.717, 1.165) is 37.9 Å². The van der Waals surface area contributed by atoms with E-state index in [4.69, 9.17) is 11.6 Å². The van der Waals surface area contributed by atoms with Crippen molar-refractivity contribution in [2.75, 3.05) is 18.4 Å². The van der Waals surface area contributed by atoms with Gasteiger partial charge in [-0.25, -0.2) is 0 Å². The van der Waals surface area contributed by atoms with Crippen LogP contribution in [-0.4, -0.2) is 29.8 Å². The molecule has 2 amide bonds. The highest BCUT2D eigenvalue weighted by atomic mass is 35.5. The third kappa shape index (κ3) is 3.86. The van der Waals surface area contributed by atoms with E-state index < -0.39 is 0 Å². The van der Waals surface area contributed by atoms with Crippen LogP contribution in [0.2, 0.25) is 5.02 Å². The van der Waals surface area contributed by atoms with Crippen LogP contribution in [0.3, 0.4) is 0 Å². The molecule has 0 spiro atoms. The molecule has 1 saturated carbocycles. The fourth-order valence-electron chi connectivity index (χ4n) is 3.88. The van der Waals surface area contributed by atoms with Crippen molar-refractivity contribution >= 4 is 29.1 Å². The van der Waals surface area contributed by atoms with Crippen LogP contribution in [0, 0.1) is 5.92 Å². The largest absolute Gasteiger partial charge is 0.339 e. The molecule has 1 heterocycles. The van der Waals surface area contributed by atoms with Crippen LogP contribution in [0.25, 0.3) is 0 Å². The highest BCUT2D eigenvalue weighted by Crippen LogP contribution is 2.50. The Morgan fingerprint density at radius 3 is 2.44 bits per heavy atom. The van der Waals surface area contributed by atoms with Gasteiger partial charge in [-0.15, -0.1) is 0 Å². The third-order valence-corrected chi connectivity index (χ3v) is 5.83. The van der Waals surface area contributed by atoms with E-state index in [1.54, 1.807) is 6.07 Å². The van der Waals surface area contributed by atoms with E-state index in [9.17, 15) is 9.59 Å². The number of halogens is 1. The summed E-state index contributed by atoms with van der Waals surface area (Å²) in [5, 5.41) is 3.69. The zero-order valence-electron chi connectivity index (χ0n) is 15.2. The van der Waals surface area contributed by atoms with E-state index >= 15 is 0 Å². The minimum Gasteiger partial charge on any atom is -0.339 e. The molecule has 2 atom stereocenters. The van der Waals surface area contributed by atoms with E-state index in [-0.39, 0.29) is 23.7 Å². The third-order valence-electron chi connectivity index (χ3n) is 5.49. The summed E-state index contributed by atoms with van der Waals surface area (Å²) in [5.74, 6) is 0.0227. The molecule has 1 aliphatic heterocycles. The van der Waals surface area contributed by atoms with Gasteiger partial charge in [0.1, 0.15) is 0 Å². The van der Waals surface area contributed by atoms with Gasteiger partial charge in [-0.1, -0.05) is 41.9 Å². The van der Waals surface area contributed by atoms with Crippen molar-refractivity contribution in [1.82, 2.24) is 4.90 Å². The fraction of sp³-hybridized carbons (Fsp3) is 0.364. The minimum absolute atomic E-state index is 0.00375. The Bertz CT molecular complexity index is 861. The lowest BCUT2D eigenvalue weighted by atomic mass is 10.1. The predicted molar refractivity (Wildman–Crippen MR) is 107 cm³/mol. The van der Waals surface area contributed by atoms with E-state index in [1.807, 2.05) is 47.4 Å². The summed E-state index contributed by atoms with van der Waals surface area (Å²) < 4.78 is 0. The maximum absolute atomic E-state index is 12.9. The number of benzene rings is 2. The van der Waals surface area contributed by atoms with Crippen molar-refractivity contribution in [1.29, 1.82) is 0 Å². The van der Waals surface area contributed by atoms with Gasteiger partial charge in [0.2, 0.25) is 5.91 Å². The summed E-state index contributed by atoms with van der Waals surface area (Å²) in [5.41, 5.74) is 2.20. The Morgan fingerprint density at radius 1 is 0.963 bits per heavy atom. The second-order valence-corrected chi connectivity index (χ2v) is 7.77. The van der Waals surface area contributed by atoms with Gasteiger partial charge >= 0.3 is 0 Å². The number of rotatable bonds is 4. The van der Waals surface area contributed by atoms with E-state index in [0.29, 0.717) is 16.3 Å². The zero-order valence-corrected chi connectivity index (χ0v) is 15.9. The van der Waals surface area contributed by atoms with Crippen LogP contribution in [0.4, 0.5) is 5.69 Å². The van der Waals surface area contributed by atoms with E-state index in [1.165, 1.54) is 6.42 Å². The van der Waals surface area contributed by atoms with Crippen molar-refractivity contribution in [2.45, 2.75) is 31.6 Å². The number of piperidine rings is 1. The number of likely N-dealkylation sites (tertiary alicyclic amines) is 1. The first-order valence-corrected chi connectivity index (χ1v) is 9.96. The molecule has 2 unspecified atom stereocenters. The molecule has 2 aromatic rings. The first-order valence-electron chi connectivity index (χ1n) is 9.59. The number of amides is 2. The molecule has 5 heteroatoms. The molecule has 4 nitrogen and oxygen atoms in total. The Morgan fingerprint density at radius 2 is 1.67 bits per heavy atom. The number of anilines is 1. The molecule has 4 rings (SSSR count). The van der Waals surface area contributed by atoms with Gasteiger partial charge in [0.15, 0.2) is 0 Å². The molecule has 140 valence electrons. The average molecular weight is 383 g/mol. The highest BCUT2D eigenvalue weighted by molar-refractivity contribution is 6.31. The van der Waals surface area contributed by atoms with Crippen molar-refractivity contribution in [3.63, 3.8) is 0 Å². The van der Waals surface area contributed by atoms with Gasteiger partial charge in [0.05, 0.1) is 11.3 Å². The monoisotopic (exact) mass is 382 g/mol. The number of nitrogens with zero attached hydrogens (tertiary/aromatic N) is 1. The first kappa shape index (κ1) is 18.1. The standard InChI is InChI=1S/C22H23ClN2O2/c23-19-10-4-2-8-15(19)17-14-18(17)21(26)24-20-11-5-3-9-16(20)22(27)25-12-6-1-7-13-25/h2-5,8-11,17-18H,1,6-7,12-14H2,(H,24,26). The first-order chi connectivity index (χ1) is 13.1. The van der Waals surface area contributed by atoms with Crippen LogP contribution in [-0.2, 0) is 4.79 Å². The molecule has 27 heavy (non-hydrogen) atoms. The molecule has 1 N–H and O–H groups in total. The van der Waals surface area contributed by atoms with Crippen molar-refractivity contribution in [3.8, 4) is 0 Å². The summed E-state index contributed by atoms with van der Waals surface area (Å²) in [6.45, 7) is 1.58. The molecule has 1 aliphatic carbocycles. The SMILES string of the molecule is O=C(Nc1ccccc1C(=O)N1CCCCC1)C1CC1c1ccccc1Cl. The lowest BCUT2D eigenvalue weighted by Crippen LogP contribution is -2.36.